The number of imide groups is 1. The number of piperazine rings is 1. The van der Waals surface area contributed by atoms with Gasteiger partial charge in [-0.3, -0.25) is 30.0 Å². The van der Waals surface area contributed by atoms with Gasteiger partial charge in [-0.25, -0.2) is 5.84 Å². The Hall–Kier alpha value is -2.25. The van der Waals surface area contributed by atoms with Crippen LogP contribution in [0.4, 0.5) is 0 Å². The van der Waals surface area contributed by atoms with Crippen molar-refractivity contribution in [2.45, 2.75) is 19.4 Å². The lowest BCUT2D eigenvalue weighted by Crippen LogP contribution is -2.50. The van der Waals surface area contributed by atoms with E-state index in [1.54, 1.807) is 11.8 Å². The van der Waals surface area contributed by atoms with Crippen LogP contribution in [0.25, 0.3) is 0 Å². The average Bonchev–Trinajstić information content (AvgIpc) is 2.45. The van der Waals surface area contributed by atoms with E-state index in [9.17, 15) is 14.4 Å². The van der Waals surface area contributed by atoms with Crippen molar-refractivity contribution in [1.82, 2.24) is 15.6 Å². The minimum Gasteiger partial charge on any atom is -0.294 e. The molecule has 1 aliphatic rings. The van der Waals surface area contributed by atoms with E-state index in [4.69, 9.17) is 5.84 Å². The molecule has 4 N–H and O–H groups in total. The molecule has 112 valence electrons. The third kappa shape index (κ3) is 3.87. The number of carbonyl (C=O) groups excluding carboxylic acids is 3. The van der Waals surface area contributed by atoms with E-state index in [-0.39, 0.29) is 36.7 Å². The fraction of sp³-hybridized carbons (Fsp3) is 0.357. The number of amides is 3. The quantitative estimate of drug-likeness (QED) is 0.292. The van der Waals surface area contributed by atoms with E-state index in [2.05, 4.69) is 10.7 Å². The number of hydrogen-bond donors (Lipinski definition) is 3. The Kier molecular flexibility index (Phi) is 4.66. The molecule has 0 saturated carbocycles. The second kappa shape index (κ2) is 6.47. The van der Waals surface area contributed by atoms with Gasteiger partial charge in [-0.1, -0.05) is 24.3 Å². The number of carbonyl (C=O) groups is 3. The van der Waals surface area contributed by atoms with Gasteiger partial charge in [0.15, 0.2) is 0 Å². The predicted molar refractivity (Wildman–Crippen MR) is 75.6 cm³/mol. The Morgan fingerprint density at radius 1 is 1.29 bits per heavy atom. The van der Waals surface area contributed by atoms with Crippen molar-refractivity contribution >= 4 is 17.7 Å². The molecule has 0 bridgehead atoms. The van der Waals surface area contributed by atoms with Crippen LogP contribution in [-0.2, 0) is 20.9 Å². The van der Waals surface area contributed by atoms with Gasteiger partial charge in [0.2, 0.25) is 17.7 Å². The maximum absolute atomic E-state index is 11.5. The van der Waals surface area contributed by atoms with E-state index < -0.39 is 0 Å². The Labute approximate surface area is 122 Å². The summed E-state index contributed by atoms with van der Waals surface area (Å²) >= 11 is 0. The smallest absolute Gasteiger partial charge is 0.241 e. The van der Waals surface area contributed by atoms with Crippen LogP contribution in [0.1, 0.15) is 24.0 Å². The molecule has 0 spiro atoms. The molecule has 0 aliphatic carbocycles. The van der Waals surface area contributed by atoms with Crippen molar-refractivity contribution in [2.75, 3.05) is 13.1 Å². The Bertz CT molecular complexity index is 540. The summed E-state index contributed by atoms with van der Waals surface area (Å²) in [5.41, 5.74) is 3.95. The van der Waals surface area contributed by atoms with Crippen LogP contribution in [0, 0.1) is 0 Å². The maximum atomic E-state index is 11.5. The summed E-state index contributed by atoms with van der Waals surface area (Å²) in [6.45, 7) is 2.70. The van der Waals surface area contributed by atoms with Crippen LogP contribution >= 0.6 is 0 Å². The largest absolute Gasteiger partial charge is 0.294 e. The van der Waals surface area contributed by atoms with Gasteiger partial charge in [-0.15, -0.1) is 0 Å². The standard InChI is InChI=1S/C14H18N4O3/c1-9(14(21)17-15)11-4-2-10(3-5-11)6-18-7-12(19)16-13(20)8-18/h2-5,9H,6-8,15H2,1H3,(H,17,21)(H,16,19,20). The molecule has 1 unspecified atom stereocenters. The minimum atomic E-state index is -0.327. The van der Waals surface area contributed by atoms with Crippen LogP contribution < -0.4 is 16.6 Å². The summed E-state index contributed by atoms with van der Waals surface area (Å²) in [7, 11) is 0. The molecule has 1 fully saturated rings. The van der Waals surface area contributed by atoms with Gasteiger partial charge >= 0.3 is 0 Å². The minimum absolute atomic E-state index is 0.208. The predicted octanol–water partition coefficient (Wildman–Crippen LogP) is -0.762. The Morgan fingerprint density at radius 3 is 2.38 bits per heavy atom. The molecule has 1 heterocycles. The molecule has 2 rings (SSSR count). The number of rotatable bonds is 4. The monoisotopic (exact) mass is 290 g/mol. The highest BCUT2D eigenvalue weighted by Crippen LogP contribution is 2.17. The van der Waals surface area contributed by atoms with Crippen molar-refractivity contribution in [2.24, 2.45) is 5.84 Å². The van der Waals surface area contributed by atoms with E-state index >= 15 is 0 Å². The second-order valence-corrected chi connectivity index (χ2v) is 5.09. The van der Waals surface area contributed by atoms with Gasteiger partial charge in [0.25, 0.3) is 0 Å². The highest BCUT2D eigenvalue weighted by molar-refractivity contribution is 5.99. The molecule has 3 amide bonds. The van der Waals surface area contributed by atoms with Crippen LogP contribution in [-0.4, -0.2) is 35.7 Å². The molecule has 7 nitrogen and oxygen atoms in total. The van der Waals surface area contributed by atoms with Gasteiger partial charge in [0.05, 0.1) is 19.0 Å². The van der Waals surface area contributed by atoms with Gasteiger partial charge in [0, 0.05) is 6.54 Å². The molecule has 1 saturated heterocycles. The van der Waals surface area contributed by atoms with Crippen molar-refractivity contribution in [3.8, 4) is 0 Å². The van der Waals surface area contributed by atoms with E-state index in [1.807, 2.05) is 24.3 Å². The van der Waals surface area contributed by atoms with Crippen molar-refractivity contribution in [3.63, 3.8) is 0 Å². The zero-order chi connectivity index (χ0) is 15.4. The molecular formula is C14H18N4O3. The normalized spacial score (nSPS) is 17.2. The number of nitrogens with two attached hydrogens (primary N) is 1. The summed E-state index contributed by atoms with van der Waals surface area (Å²) < 4.78 is 0. The van der Waals surface area contributed by atoms with Gasteiger partial charge < -0.3 is 0 Å². The number of benzene rings is 1. The first-order valence-corrected chi connectivity index (χ1v) is 6.64. The van der Waals surface area contributed by atoms with Crippen LogP contribution in [0.5, 0.6) is 0 Å². The second-order valence-electron chi connectivity index (χ2n) is 5.09. The van der Waals surface area contributed by atoms with E-state index in [1.165, 1.54) is 0 Å². The third-order valence-electron chi connectivity index (χ3n) is 3.43. The molecule has 1 aliphatic heterocycles. The molecule has 1 aromatic carbocycles. The SMILES string of the molecule is CC(C(=O)NN)c1ccc(CN2CC(=O)NC(=O)C2)cc1. The molecule has 0 radical (unpaired) electrons. The first-order valence-electron chi connectivity index (χ1n) is 6.64. The summed E-state index contributed by atoms with van der Waals surface area (Å²) in [6.07, 6.45) is 0. The fourth-order valence-electron chi connectivity index (χ4n) is 2.25. The first-order chi connectivity index (χ1) is 9.99. The topological polar surface area (TPSA) is 105 Å². The van der Waals surface area contributed by atoms with Crippen molar-refractivity contribution in [3.05, 3.63) is 35.4 Å². The first kappa shape index (κ1) is 15.1. The van der Waals surface area contributed by atoms with Gasteiger partial charge in [0.1, 0.15) is 0 Å². The van der Waals surface area contributed by atoms with E-state index in [0.29, 0.717) is 6.54 Å². The molecule has 0 aromatic heterocycles. The molecule has 7 heteroatoms. The average molecular weight is 290 g/mol. The maximum Gasteiger partial charge on any atom is 0.241 e. The Morgan fingerprint density at radius 2 is 1.86 bits per heavy atom. The third-order valence-corrected chi connectivity index (χ3v) is 3.43. The lowest BCUT2D eigenvalue weighted by Gasteiger charge is -2.25. The fourth-order valence-corrected chi connectivity index (χ4v) is 2.25. The molecule has 1 aromatic rings. The van der Waals surface area contributed by atoms with E-state index in [0.717, 1.165) is 11.1 Å². The van der Waals surface area contributed by atoms with Crippen molar-refractivity contribution < 1.29 is 14.4 Å². The zero-order valence-corrected chi connectivity index (χ0v) is 11.8. The molecule has 1 atom stereocenters. The molecule has 21 heavy (non-hydrogen) atoms. The summed E-state index contributed by atoms with van der Waals surface area (Å²) in [5, 5.41) is 2.26. The highest BCUT2D eigenvalue weighted by Gasteiger charge is 2.22. The molecular weight excluding hydrogens is 272 g/mol. The van der Waals surface area contributed by atoms with Crippen LogP contribution in [0.15, 0.2) is 24.3 Å². The summed E-state index contributed by atoms with van der Waals surface area (Å²) in [6, 6.07) is 7.46. The zero-order valence-electron chi connectivity index (χ0n) is 11.8. The number of hydrogen-bond acceptors (Lipinski definition) is 5. The van der Waals surface area contributed by atoms with Crippen molar-refractivity contribution in [1.29, 1.82) is 0 Å². The lowest BCUT2D eigenvalue weighted by molar-refractivity contribution is -0.136. The van der Waals surface area contributed by atoms with Crippen LogP contribution in [0.2, 0.25) is 0 Å². The lowest BCUT2D eigenvalue weighted by atomic mass is 9.99. The summed E-state index contributed by atoms with van der Waals surface area (Å²) in [5.74, 6) is 3.97. The van der Waals surface area contributed by atoms with Crippen LogP contribution in [0.3, 0.4) is 0 Å². The summed E-state index contributed by atoms with van der Waals surface area (Å²) in [4.78, 5) is 35.8. The Balaban J connectivity index is 2.01. The van der Waals surface area contributed by atoms with Gasteiger partial charge in [-0.2, -0.15) is 0 Å². The number of hydrazine groups is 1. The number of nitrogens with one attached hydrogen (secondary N) is 2. The number of nitrogens with zero attached hydrogens (tertiary/aromatic N) is 1. The highest BCUT2D eigenvalue weighted by atomic mass is 16.2. The van der Waals surface area contributed by atoms with Gasteiger partial charge in [-0.05, 0) is 18.1 Å².